The number of aromatic hydroxyl groups is 1. The fraction of sp³-hybridized carbons (Fsp3) is 0.438. The van der Waals surface area contributed by atoms with Crippen LogP contribution in [0.3, 0.4) is 0 Å². The number of benzene rings is 1. The molecule has 2 aromatic rings. The molecule has 0 saturated carbocycles. The lowest BCUT2D eigenvalue weighted by Crippen LogP contribution is -2.45. The van der Waals surface area contributed by atoms with Crippen LogP contribution in [0.1, 0.15) is 12.5 Å². The highest BCUT2D eigenvalue weighted by atomic mass is 16.3. The number of hydrogen-bond acceptors (Lipinski definition) is 4. The van der Waals surface area contributed by atoms with Crippen LogP contribution in [0.2, 0.25) is 0 Å². The summed E-state index contributed by atoms with van der Waals surface area (Å²) in [4.78, 5) is 9.14. The monoisotopic (exact) mass is 271 g/mol. The molecule has 1 saturated heterocycles. The van der Waals surface area contributed by atoms with Crippen molar-refractivity contribution in [2.75, 3.05) is 32.7 Å². The summed E-state index contributed by atoms with van der Waals surface area (Å²) < 4.78 is 0. The van der Waals surface area contributed by atoms with Crippen molar-refractivity contribution in [1.82, 2.24) is 14.8 Å². The van der Waals surface area contributed by atoms with Gasteiger partial charge >= 0.3 is 0 Å². The van der Waals surface area contributed by atoms with Crippen molar-refractivity contribution >= 4 is 10.9 Å². The first-order chi connectivity index (χ1) is 9.78. The van der Waals surface area contributed by atoms with Gasteiger partial charge in [0.2, 0.25) is 0 Å². The molecule has 20 heavy (non-hydrogen) atoms. The molecule has 0 aliphatic carbocycles. The minimum Gasteiger partial charge on any atom is -0.505 e. The van der Waals surface area contributed by atoms with Gasteiger partial charge in [0.15, 0.2) is 0 Å². The first-order valence-electron chi connectivity index (χ1n) is 7.28. The molecule has 2 heterocycles. The van der Waals surface area contributed by atoms with Crippen LogP contribution in [0.25, 0.3) is 10.9 Å². The highest BCUT2D eigenvalue weighted by molar-refractivity contribution is 5.85. The van der Waals surface area contributed by atoms with E-state index in [1.807, 2.05) is 24.3 Å². The van der Waals surface area contributed by atoms with Crippen LogP contribution in [-0.4, -0.2) is 52.6 Å². The Kier molecular flexibility index (Phi) is 3.85. The zero-order valence-electron chi connectivity index (χ0n) is 11.9. The maximum absolute atomic E-state index is 10.4. The van der Waals surface area contributed by atoms with Crippen LogP contribution < -0.4 is 0 Å². The van der Waals surface area contributed by atoms with E-state index in [0.29, 0.717) is 11.3 Å². The zero-order chi connectivity index (χ0) is 13.9. The van der Waals surface area contributed by atoms with Crippen molar-refractivity contribution in [2.24, 2.45) is 0 Å². The Bertz CT molecular complexity index is 591. The molecule has 0 atom stereocenters. The summed E-state index contributed by atoms with van der Waals surface area (Å²) in [5, 5.41) is 11.4. The smallest absolute Gasteiger partial charge is 0.146 e. The van der Waals surface area contributed by atoms with E-state index in [0.717, 1.165) is 50.2 Å². The Hall–Kier alpha value is -1.65. The van der Waals surface area contributed by atoms with E-state index >= 15 is 0 Å². The average molecular weight is 271 g/mol. The normalized spacial score (nSPS) is 17.6. The lowest BCUT2D eigenvalue weighted by Gasteiger charge is -2.34. The van der Waals surface area contributed by atoms with Crippen molar-refractivity contribution in [3.63, 3.8) is 0 Å². The molecule has 0 spiro atoms. The second-order valence-electron chi connectivity index (χ2n) is 5.36. The molecule has 0 amide bonds. The minimum absolute atomic E-state index is 0.334. The van der Waals surface area contributed by atoms with E-state index in [1.54, 1.807) is 6.20 Å². The predicted octanol–water partition coefficient (Wildman–Crippen LogP) is 2.08. The molecule has 0 radical (unpaired) electrons. The number of rotatable bonds is 3. The van der Waals surface area contributed by atoms with Crippen molar-refractivity contribution < 1.29 is 5.11 Å². The van der Waals surface area contributed by atoms with Crippen LogP contribution in [0.15, 0.2) is 30.5 Å². The van der Waals surface area contributed by atoms with Crippen molar-refractivity contribution in [3.05, 3.63) is 36.0 Å². The lowest BCUT2D eigenvalue weighted by molar-refractivity contribution is 0.131. The molecule has 0 unspecified atom stereocenters. The van der Waals surface area contributed by atoms with Gasteiger partial charge in [-0.2, -0.15) is 0 Å². The van der Waals surface area contributed by atoms with E-state index < -0.39 is 0 Å². The third-order valence-corrected chi connectivity index (χ3v) is 4.14. The second-order valence-corrected chi connectivity index (χ2v) is 5.36. The molecule has 4 nitrogen and oxygen atoms in total. The third-order valence-electron chi connectivity index (χ3n) is 4.14. The minimum atomic E-state index is 0.334. The Labute approximate surface area is 119 Å². The number of hydrogen-bond donors (Lipinski definition) is 1. The number of nitrogens with zero attached hydrogens (tertiary/aromatic N) is 3. The number of likely N-dealkylation sites (N-methyl/N-ethyl adjacent to an activating group) is 1. The van der Waals surface area contributed by atoms with Crippen LogP contribution in [0, 0.1) is 0 Å². The van der Waals surface area contributed by atoms with E-state index in [2.05, 4.69) is 21.7 Å². The molecule has 0 bridgehead atoms. The van der Waals surface area contributed by atoms with Crippen molar-refractivity contribution in [1.29, 1.82) is 0 Å². The van der Waals surface area contributed by atoms with Crippen LogP contribution in [0.5, 0.6) is 5.75 Å². The maximum Gasteiger partial charge on any atom is 0.146 e. The zero-order valence-corrected chi connectivity index (χ0v) is 11.9. The molecular formula is C16H21N3O. The van der Waals surface area contributed by atoms with Gasteiger partial charge in [-0.05, 0) is 12.6 Å². The topological polar surface area (TPSA) is 39.6 Å². The SMILES string of the molecule is CCN1CCN(Cc2ccc3cccnc3c2O)CC1. The van der Waals surface area contributed by atoms with Crippen LogP contribution >= 0.6 is 0 Å². The summed E-state index contributed by atoms with van der Waals surface area (Å²) in [6.07, 6.45) is 1.73. The van der Waals surface area contributed by atoms with Crippen molar-refractivity contribution in [2.45, 2.75) is 13.5 Å². The van der Waals surface area contributed by atoms with Gasteiger partial charge in [-0.25, -0.2) is 0 Å². The molecule has 106 valence electrons. The number of pyridine rings is 1. The number of aromatic nitrogens is 1. The van der Waals surface area contributed by atoms with E-state index in [4.69, 9.17) is 0 Å². The molecule has 1 aliphatic heterocycles. The summed E-state index contributed by atoms with van der Waals surface area (Å²) in [6, 6.07) is 7.93. The summed E-state index contributed by atoms with van der Waals surface area (Å²) in [7, 11) is 0. The number of phenols is 1. The molecule has 1 aromatic heterocycles. The first-order valence-corrected chi connectivity index (χ1v) is 7.28. The highest BCUT2D eigenvalue weighted by Crippen LogP contribution is 2.27. The van der Waals surface area contributed by atoms with Crippen molar-refractivity contribution in [3.8, 4) is 5.75 Å². The highest BCUT2D eigenvalue weighted by Gasteiger charge is 2.17. The van der Waals surface area contributed by atoms with Gasteiger partial charge in [0.1, 0.15) is 11.3 Å². The maximum atomic E-state index is 10.4. The molecule has 3 rings (SSSR count). The Morgan fingerprint density at radius 1 is 1.10 bits per heavy atom. The van der Waals surface area contributed by atoms with Gasteiger partial charge in [0.05, 0.1) is 0 Å². The Morgan fingerprint density at radius 3 is 2.60 bits per heavy atom. The van der Waals surface area contributed by atoms with Crippen LogP contribution in [-0.2, 0) is 6.54 Å². The molecular weight excluding hydrogens is 250 g/mol. The van der Waals surface area contributed by atoms with E-state index in [9.17, 15) is 5.11 Å². The lowest BCUT2D eigenvalue weighted by atomic mass is 10.1. The number of phenolic OH excluding ortho intramolecular Hbond substituents is 1. The summed E-state index contributed by atoms with van der Waals surface area (Å²) in [5.74, 6) is 0.334. The summed E-state index contributed by atoms with van der Waals surface area (Å²) in [6.45, 7) is 8.48. The third kappa shape index (κ3) is 2.62. The van der Waals surface area contributed by atoms with E-state index in [-0.39, 0.29) is 0 Å². The van der Waals surface area contributed by atoms with Gasteiger partial charge in [-0.3, -0.25) is 9.88 Å². The molecule has 1 N–H and O–H groups in total. The Balaban J connectivity index is 1.76. The Morgan fingerprint density at radius 2 is 1.85 bits per heavy atom. The molecule has 1 aromatic carbocycles. The summed E-state index contributed by atoms with van der Waals surface area (Å²) >= 11 is 0. The number of piperazine rings is 1. The van der Waals surface area contributed by atoms with E-state index in [1.165, 1.54) is 0 Å². The summed E-state index contributed by atoms with van der Waals surface area (Å²) in [5.41, 5.74) is 1.68. The second kappa shape index (κ2) is 5.77. The number of fused-ring (bicyclic) bond motifs is 1. The molecule has 4 heteroatoms. The quantitative estimate of drug-likeness (QED) is 0.928. The van der Waals surface area contributed by atoms with Gasteiger partial charge < -0.3 is 10.0 Å². The average Bonchev–Trinajstić information content (AvgIpc) is 2.51. The fourth-order valence-electron chi connectivity index (χ4n) is 2.80. The molecule has 1 fully saturated rings. The van der Waals surface area contributed by atoms with Gasteiger partial charge in [-0.1, -0.05) is 25.1 Å². The first kappa shape index (κ1) is 13.3. The molecule has 1 aliphatic rings. The van der Waals surface area contributed by atoms with Gasteiger partial charge in [-0.15, -0.1) is 0 Å². The standard InChI is InChI=1S/C16H21N3O/c1-2-18-8-10-19(11-9-18)12-14-6-5-13-4-3-7-17-15(13)16(14)20/h3-7,20H,2,8-12H2,1H3. The van der Waals surface area contributed by atoms with Gasteiger partial charge in [0, 0.05) is 49.9 Å². The largest absolute Gasteiger partial charge is 0.505 e. The van der Waals surface area contributed by atoms with Gasteiger partial charge in [0.25, 0.3) is 0 Å². The van der Waals surface area contributed by atoms with Crippen LogP contribution in [0.4, 0.5) is 0 Å². The predicted molar refractivity (Wildman–Crippen MR) is 80.8 cm³/mol. The fourth-order valence-corrected chi connectivity index (χ4v) is 2.80.